The zero-order chi connectivity index (χ0) is 23.9. The van der Waals surface area contributed by atoms with Crippen LogP contribution in [0.4, 0.5) is 17.1 Å². The third-order valence-corrected chi connectivity index (χ3v) is 9.41. The van der Waals surface area contributed by atoms with Gasteiger partial charge in [0.2, 0.25) is 0 Å². The summed E-state index contributed by atoms with van der Waals surface area (Å²) in [6.45, 7) is 0. The predicted molar refractivity (Wildman–Crippen MR) is 156 cm³/mol. The zero-order valence-corrected chi connectivity index (χ0v) is 21.3. The molecule has 0 aliphatic heterocycles. The zero-order valence-electron chi connectivity index (χ0n) is 19.6. The third-order valence-electron chi connectivity index (χ3n) is 6.85. The summed E-state index contributed by atoms with van der Waals surface area (Å²) >= 11 is 0.368. The van der Waals surface area contributed by atoms with E-state index in [0.717, 1.165) is 17.1 Å². The van der Waals surface area contributed by atoms with Crippen LogP contribution in [0.25, 0.3) is 41.2 Å². The van der Waals surface area contributed by atoms with Gasteiger partial charge in [-0.1, -0.05) is 36.4 Å². The third kappa shape index (κ3) is 3.63. The molecule has 36 heavy (non-hydrogen) atoms. The van der Waals surface area contributed by atoms with E-state index in [0.29, 0.717) is 14.5 Å². The van der Waals surface area contributed by atoms with Crippen molar-refractivity contribution >= 4 is 61.6 Å². The Morgan fingerprint density at radius 3 is 1.72 bits per heavy atom. The summed E-state index contributed by atoms with van der Waals surface area (Å²) < 4.78 is 3.01. The minimum absolute atomic E-state index is 0.368. The normalized spacial score (nSPS) is 11.3. The molecule has 0 saturated carbocycles. The number of nitrogens with zero attached hydrogens (tertiary/aromatic N) is 1. The Bertz CT molecular complexity index is 1780. The van der Waals surface area contributed by atoms with Crippen LogP contribution in [0, 0.1) is 0 Å². The Kier molecular flexibility index (Phi) is 5.21. The summed E-state index contributed by atoms with van der Waals surface area (Å²) in [4.78, 5) is 2.30. The molecule has 7 rings (SSSR count). The minimum atomic E-state index is 0.368. The second kappa shape index (κ2) is 8.84. The smallest absolute Gasteiger partial charge is 0.0602 e. The molecule has 1 heterocycles. The average Bonchev–Trinajstić information content (AvgIpc) is 3.34. The quantitative estimate of drug-likeness (QED) is 0.207. The van der Waals surface area contributed by atoms with Gasteiger partial charge in [0.15, 0.2) is 0 Å². The Morgan fingerprint density at radius 2 is 1.00 bits per heavy atom. The van der Waals surface area contributed by atoms with Crippen LogP contribution in [-0.4, -0.2) is 14.5 Å². The SMILES string of the molecule is c1ccc(N(c2ccccc2)c2ccc(-c3ccc4c(ccc5c6ccccc6[se]c45)c3)cc2)cc1. The number of anilines is 3. The van der Waals surface area contributed by atoms with Gasteiger partial charge in [-0.05, 0) is 0 Å². The molecule has 0 saturated heterocycles. The number of hydrogen-bond donors (Lipinski definition) is 0. The second-order valence-corrected chi connectivity index (χ2v) is 11.2. The van der Waals surface area contributed by atoms with E-state index in [1.54, 1.807) is 0 Å². The van der Waals surface area contributed by atoms with Crippen molar-refractivity contribution < 1.29 is 0 Å². The van der Waals surface area contributed by atoms with Gasteiger partial charge in [0.05, 0.1) is 0 Å². The molecule has 0 unspecified atom stereocenters. The van der Waals surface area contributed by atoms with Gasteiger partial charge < -0.3 is 0 Å². The molecule has 0 radical (unpaired) electrons. The van der Waals surface area contributed by atoms with Crippen molar-refractivity contribution in [2.45, 2.75) is 0 Å². The first-order valence-electron chi connectivity index (χ1n) is 12.2. The second-order valence-electron chi connectivity index (χ2n) is 9.03. The molecule has 0 aliphatic carbocycles. The Morgan fingerprint density at radius 1 is 0.417 bits per heavy atom. The number of fused-ring (bicyclic) bond motifs is 5. The molecular weight excluding hydrogens is 501 g/mol. The van der Waals surface area contributed by atoms with Crippen molar-refractivity contribution in [3.05, 3.63) is 140 Å². The summed E-state index contributed by atoms with van der Waals surface area (Å²) in [6.07, 6.45) is 0. The molecule has 0 aliphatic rings. The van der Waals surface area contributed by atoms with E-state index in [9.17, 15) is 0 Å². The maximum absolute atomic E-state index is 2.34. The van der Waals surface area contributed by atoms with Crippen molar-refractivity contribution in [1.82, 2.24) is 0 Å². The van der Waals surface area contributed by atoms with Gasteiger partial charge in [0.1, 0.15) is 0 Å². The molecule has 0 atom stereocenters. The van der Waals surface area contributed by atoms with E-state index in [1.807, 2.05) is 0 Å². The molecule has 2 heteroatoms. The van der Waals surface area contributed by atoms with Gasteiger partial charge in [-0.15, -0.1) is 0 Å². The molecule has 0 spiro atoms. The van der Waals surface area contributed by atoms with Crippen molar-refractivity contribution in [2.75, 3.05) is 4.90 Å². The fourth-order valence-corrected chi connectivity index (χ4v) is 7.69. The van der Waals surface area contributed by atoms with Crippen LogP contribution in [0.1, 0.15) is 0 Å². The number of para-hydroxylation sites is 2. The van der Waals surface area contributed by atoms with Crippen molar-refractivity contribution in [3.63, 3.8) is 0 Å². The molecule has 0 amide bonds. The minimum Gasteiger partial charge on any atom is -0.0602 e. The van der Waals surface area contributed by atoms with Gasteiger partial charge in [-0.25, -0.2) is 0 Å². The summed E-state index contributed by atoms with van der Waals surface area (Å²) in [5.74, 6) is 0. The van der Waals surface area contributed by atoms with E-state index in [1.165, 1.54) is 41.2 Å². The fourth-order valence-electron chi connectivity index (χ4n) is 5.10. The standard InChI is InChI=1S/C34H23NSe/c1-3-9-27(10-4-1)35(28-11-5-2-6-12-28)29-19-15-24(16-20-29)25-17-21-30-26(23-25)18-22-32-31-13-7-8-14-33(31)36-34(30)32/h1-23H. The number of rotatable bonds is 4. The monoisotopic (exact) mass is 525 g/mol. The van der Waals surface area contributed by atoms with Gasteiger partial charge in [-0.2, -0.15) is 0 Å². The van der Waals surface area contributed by atoms with Gasteiger partial charge in [0.25, 0.3) is 0 Å². The van der Waals surface area contributed by atoms with Crippen molar-refractivity contribution in [3.8, 4) is 11.1 Å². The summed E-state index contributed by atoms with van der Waals surface area (Å²) in [5, 5.41) is 5.54. The van der Waals surface area contributed by atoms with Crippen LogP contribution in [-0.2, 0) is 0 Å². The van der Waals surface area contributed by atoms with Crippen LogP contribution >= 0.6 is 0 Å². The Balaban J connectivity index is 1.28. The number of benzene rings is 6. The van der Waals surface area contributed by atoms with Crippen molar-refractivity contribution in [2.24, 2.45) is 0 Å². The van der Waals surface area contributed by atoms with Crippen LogP contribution in [0.5, 0.6) is 0 Å². The topological polar surface area (TPSA) is 3.24 Å². The Labute approximate surface area is 216 Å². The molecule has 6 aromatic carbocycles. The summed E-state index contributed by atoms with van der Waals surface area (Å²) in [6, 6.07) is 50.4. The molecule has 0 bridgehead atoms. The van der Waals surface area contributed by atoms with E-state index in [2.05, 4.69) is 144 Å². The Hall–Kier alpha value is -4.10. The van der Waals surface area contributed by atoms with Gasteiger partial charge in [-0.3, -0.25) is 0 Å². The molecule has 170 valence electrons. The van der Waals surface area contributed by atoms with Crippen LogP contribution < -0.4 is 4.90 Å². The first-order valence-corrected chi connectivity index (χ1v) is 13.9. The summed E-state index contributed by atoms with van der Waals surface area (Å²) in [7, 11) is 0. The predicted octanol–water partition coefficient (Wildman–Crippen LogP) is 9.34. The molecule has 0 fully saturated rings. The van der Waals surface area contributed by atoms with Crippen LogP contribution in [0.3, 0.4) is 0 Å². The van der Waals surface area contributed by atoms with Crippen molar-refractivity contribution in [1.29, 1.82) is 0 Å². The average molecular weight is 525 g/mol. The molecule has 1 aromatic heterocycles. The molecule has 1 nitrogen and oxygen atoms in total. The first kappa shape index (κ1) is 21.2. The van der Waals surface area contributed by atoms with Crippen LogP contribution in [0.15, 0.2) is 140 Å². The molecule has 0 N–H and O–H groups in total. The van der Waals surface area contributed by atoms with Crippen LogP contribution in [0.2, 0.25) is 0 Å². The fraction of sp³-hybridized carbons (Fsp3) is 0. The van der Waals surface area contributed by atoms with E-state index < -0.39 is 0 Å². The van der Waals surface area contributed by atoms with E-state index >= 15 is 0 Å². The number of hydrogen-bond acceptors (Lipinski definition) is 1. The molecule has 7 aromatic rings. The molecular formula is C34H23NSe. The summed E-state index contributed by atoms with van der Waals surface area (Å²) in [5.41, 5.74) is 5.94. The van der Waals surface area contributed by atoms with E-state index in [4.69, 9.17) is 0 Å². The first-order chi connectivity index (χ1) is 17.8. The van der Waals surface area contributed by atoms with Gasteiger partial charge >= 0.3 is 181 Å². The maximum atomic E-state index is 2.34. The van der Waals surface area contributed by atoms with E-state index in [-0.39, 0.29) is 0 Å². The van der Waals surface area contributed by atoms with Gasteiger partial charge in [0, 0.05) is 0 Å².